The van der Waals surface area contributed by atoms with Gasteiger partial charge in [-0.1, -0.05) is 173 Å². The van der Waals surface area contributed by atoms with Gasteiger partial charge in [0.15, 0.2) is 6.10 Å². The number of carbonyl (C=O) groups is 3. The maximum atomic E-state index is 12.8. The fourth-order valence-corrected chi connectivity index (χ4v) is 6.05. The number of hydrogen-bond acceptors (Lipinski definition) is 7. The van der Waals surface area contributed by atoms with Crippen LogP contribution >= 0.6 is 0 Å². The molecule has 0 radical (unpaired) electrons. The number of ether oxygens (including phenoxy) is 4. The number of carbonyl (C=O) groups excluding carboxylic acids is 2. The molecule has 0 spiro atoms. The molecule has 0 saturated carbocycles. The van der Waals surface area contributed by atoms with Crippen molar-refractivity contribution in [1.82, 2.24) is 0 Å². The number of carboxylic acids is 1. The van der Waals surface area contributed by atoms with Gasteiger partial charge < -0.3 is 28.5 Å². The molecule has 0 aliphatic heterocycles. The molecule has 376 valence electrons. The van der Waals surface area contributed by atoms with Crippen molar-refractivity contribution >= 4 is 17.9 Å². The standard InChI is InChI=1S/C58H91NO8/c1-6-8-10-12-14-16-18-20-22-24-26-27-28-29-31-33-35-37-39-41-43-45-47-49-56(61)67-54(53-66-58(57(62)63)64-51-50-59(3,4)5)52-65-55(60)48-46-44-42-40-38-36-34-32-30-25-23-21-19-17-15-13-11-9-7-2/h8-11,14-17,20-23,26-27,29-32,35,37,41,43,54,58H,6-7,12-13,18-19,24-25,28,33-34,36,38-40,42,44-53H2,1-5H3/p+1/b10-8-,11-9-,16-14-,17-15-,22-20-,23-21-,27-26-,31-29-,32-30-,37-35-,43-41-. The van der Waals surface area contributed by atoms with Gasteiger partial charge >= 0.3 is 17.9 Å². The zero-order valence-corrected chi connectivity index (χ0v) is 42.5. The Balaban J connectivity index is 4.53. The van der Waals surface area contributed by atoms with Gasteiger partial charge in [-0.15, -0.1) is 0 Å². The molecule has 9 nitrogen and oxygen atoms in total. The van der Waals surface area contributed by atoms with E-state index in [0.717, 1.165) is 109 Å². The van der Waals surface area contributed by atoms with Crippen LogP contribution in [-0.2, 0) is 33.3 Å². The molecular formula is C58H92NO8+. The fourth-order valence-electron chi connectivity index (χ4n) is 6.05. The van der Waals surface area contributed by atoms with Crippen LogP contribution in [-0.4, -0.2) is 87.4 Å². The van der Waals surface area contributed by atoms with Crippen LogP contribution < -0.4 is 0 Å². The summed E-state index contributed by atoms with van der Waals surface area (Å²) >= 11 is 0. The first-order valence-corrected chi connectivity index (χ1v) is 25.3. The first kappa shape index (κ1) is 62.4. The number of rotatable bonds is 44. The van der Waals surface area contributed by atoms with E-state index in [-0.39, 0.29) is 38.6 Å². The number of nitrogens with zero attached hydrogens (tertiary/aromatic N) is 1. The molecule has 2 unspecified atom stereocenters. The third-order valence-corrected chi connectivity index (χ3v) is 9.90. The summed E-state index contributed by atoms with van der Waals surface area (Å²) in [6.07, 6.45) is 65.2. The van der Waals surface area contributed by atoms with Crippen molar-refractivity contribution in [2.45, 2.75) is 167 Å². The van der Waals surface area contributed by atoms with Crippen LogP contribution in [0.1, 0.15) is 155 Å². The zero-order valence-electron chi connectivity index (χ0n) is 42.5. The lowest BCUT2D eigenvalue weighted by Gasteiger charge is -2.25. The fraction of sp³-hybridized carbons (Fsp3) is 0.569. The van der Waals surface area contributed by atoms with Crippen LogP contribution in [0.2, 0.25) is 0 Å². The molecule has 9 heteroatoms. The van der Waals surface area contributed by atoms with Gasteiger partial charge in [-0.2, -0.15) is 0 Å². The van der Waals surface area contributed by atoms with Gasteiger partial charge in [-0.3, -0.25) is 9.59 Å². The molecule has 0 aliphatic carbocycles. The lowest BCUT2D eigenvalue weighted by Crippen LogP contribution is -2.40. The molecule has 2 atom stereocenters. The van der Waals surface area contributed by atoms with E-state index in [9.17, 15) is 19.5 Å². The monoisotopic (exact) mass is 931 g/mol. The number of aliphatic carboxylic acids is 1. The van der Waals surface area contributed by atoms with E-state index in [1.165, 1.54) is 0 Å². The predicted octanol–water partition coefficient (Wildman–Crippen LogP) is 14.3. The topological polar surface area (TPSA) is 108 Å². The van der Waals surface area contributed by atoms with E-state index in [1.54, 1.807) is 0 Å². The summed E-state index contributed by atoms with van der Waals surface area (Å²) in [5, 5.41) is 9.67. The number of esters is 2. The molecule has 0 aromatic carbocycles. The summed E-state index contributed by atoms with van der Waals surface area (Å²) in [4.78, 5) is 37.3. The Kier molecular flexibility index (Phi) is 44.6. The van der Waals surface area contributed by atoms with Crippen LogP contribution in [0, 0.1) is 0 Å². The molecule has 0 aromatic rings. The highest BCUT2D eigenvalue weighted by atomic mass is 16.7. The van der Waals surface area contributed by atoms with Gasteiger partial charge in [0.1, 0.15) is 13.2 Å². The maximum Gasteiger partial charge on any atom is 0.361 e. The molecule has 0 saturated heterocycles. The van der Waals surface area contributed by atoms with Gasteiger partial charge in [-0.25, -0.2) is 4.79 Å². The summed E-state index contributed by atoms with van der Waals surface area (Å²) in [6.45, 7) is 4.53. The van der Waals surface area contributed by atoms with Crippen LogP contribution in [0.15, 0.2) is 134 Å². The molecular weight excluding hydrogens is 839 g/mol. The van der Waals surface area contributed by atoms with Gasteiger partial charge in [0.2, 0.25) is 0 Å². The van der Waals surface area contributed by atoms with Crippen LogP contribution in [0.5, 0.6) is 0 Å². The summed E-state index contributed by atoms with van der Waals surface area (Å²) in [5.41, 5.74) is 0. The van der Waals surface area contributed by atoms with Crippen LogP contribution in [0.25, 0.3) is 0 Å². The Morgan fingerprint density at radius 2 is 0.821 bits per heavy atom. The highest BCUT2D eigenvalue weighted by molar-refractivity contribution is 5.71. The molecule has 0 rings (SSSR count). The number of allylic oxidation sites excluding steroid dienone is 22. The summed E-state index contributed by atoms with van der Waals surface area (Å²) in [7, 11) is 5.92. The highest BCUT2D eigenvalue weighted by Gasteiger charge is 2.25. The lowest BCUT2D eigenvalue weighted by molar-refractivity contribution is -0.870. The average Bonchev–Trinajstić information content (AvgIpc) is 3.29. The number of carboxylic acid groups (broad SMARTS) is 1. The molecule has 0 amide bonds. The van der Waals surface area contributed by atoms with E-state index in [4.69, 9.17) is 18.9 Å². The summed E-state index contributed by atoms with van der Waals surface area (Å²) in [5.74, 6) is -2.13. The van der Waals surface area contributed by atoms with Crippen molar-refractivity contribution in [3.05, 3.63) is 134 Å². The second kappa shape index (κ2) is 47.9. The van der Waals surface area contributed by atoms with Crippen molar-refractivity contribution in [2.24, 2.45) is 0 Å². The zero-order chi connectivity index (χ0) is 49.2. The molecule has 0 fully saturated rings. The van der Waals surface area contributed by atoms with E-state index < -0.39 is 24.3 Å². The molecule has 67 heavy (non-hydrogen) atoms. The summed E-state index contributed by atoms with van der Waals surface area (Å²) in [6, 6.07) is 0. The Labute approximate surface area is 408 Å². The Morgan fingerprint density at radius 1 is 0.448 bits per heavy atom. The third-order valence-electron chi connectivity index (χ3n) is 9.90. The molecule has 0 aromatic heterocycles. The Hall–Kier alpha value is -4.57. The molecule has 0 aliphatic rings. The average molecular weight is 931 g/mol. The van der Waals surface area contributed by atoms with Crippen molar-refractivity contribution in [3.8, 4) is 0 Å². The summed E-state index contributed by atoms with van der Waals surface area (Å²) < 4.78 is 22.7. The minimum atomic E-state index is -1.54. The molecule has 0 bridgehead atoms. The van der Waals surface area contributed by atoms with Crippen molar-refractivity contribution in [3.63, 3.8) is 0 Å². The van der Waals surface area contributed by atoms with E-state index >= 15 is 0 Å². The number of likely N-dealkylation sites (N-methyl/N-ethyl adjacent to an activating group) is 1. The number of hydrogen-bond donors (Lipinski definition) is 1. The minimum Gasteiger partial charge on any atom is -0.477 e. The van der Waals surface area contributed by atoms with Crippen molar-refractivity contribution in [2.75, 3.05) is 47.5 Å². The van der Waals surface area contributed by atoms with Gasteiger partial charge in [-0.05, 0) is 103 Å². The largest absolute Gasteiger partial charge is 0.477 e. The Morgan fingerprint density at radius 3 is 1.24 bits per heavy atom. The smallest absolute Gasteiger partial charge is 0.361 e. The third kappa shape index (κ3) is 49.2. The first-order valence-electron chi connectivity index (χ1n) is 25.3. The van der Waals surface area contributed by atoms with Crippen LogP contribution in [0.3, 0.4) is 0 Å². The van der Waals surface area contributed by atoms with Gasteiger partial charge in [0, 0.05) is 12.8 Å². The minimum absolute atomic E-state index is 0.165. The van der Waals surface area contributed by atoms with Gasteiger partial charge in [0.05, 0.1) is 34.4 Å². The van der Waals surface area contributed by atoms with Gasteiger partial charge in [0.25, 0.3) is 6.29 Å². The number of unbranched alkanes of at least 4 members (excludes halogenated alkanes) is 7. The predicted molar refractivity (Wildman–Crippen MR) is 281 cm³/mol. The quantitative estimate of drug-likeness (QED) is 0.0212. The second-order valence-corrected chi connectivity index (χ2v) is 17.4. The van der Waals surface area contributed by atoms with Crippen molar-refractivity contribution in [1.29, 1.82) is 0 Å². The highest BCUT2D eigenvalue weighted by Crippen LogP contribution is 2.12. The van der Waals surface area contributed by atoms with E-state index in [1.807, 2.05) is 21.1 Å². The van der Waals surface area contributed by atoms with Crippen molar-refractivity contribution < 1.29 is 42.9 Å². The van der Waals surface area contributed by atoms with E-state index in [0.29, 0.717) is 30.3 Å². The number of quaternary nitrogens is 1. The lowest BCUT2D eigenvalue weighted by atomic mass is 10.1. The SMILES string of the molecule is CC/C=C\C/C=C\C/C=C\C/C=C\C/C=C\C/C=C\C/C=C\CCCC(=O)OC(COC(=O)CCCCCCCC/C=C\C/C=C\C/C=C\C/C=C\CC)COC(OCC[N+](C)(C)C)C(=O)O. The maximum absolute atomic E-state index is 12.8. The Bertz CT molecular complexity index is 1550. The van der Waals surface area contributed by atoms with Crippen LogP contribution in [0.4, 0.5) is 0 Å². The molecule has 0 heterocycles. The molecule has 1 N–H and O–H groups in total. The second-order valence-electron chi connectivity index (χ2n) is 17.4. The normalized spacial score (nSPS) is 14.0. The van der Waals surface area contributed by atoms with E-state index in [2.05, 4.69) is 148 Å². The first-order chi connectivity index (χ1) is 32.6.